The first-order chi connectivity index (χ1) is 16.9. The molecule has 0 radical (unpaired) electrons. The lowest BCUT2D eigenvalue weighted by Crippen LogP contribution is -2.42. The van der Waals surface area contributed by atoms with Crippen LogP contribution in [0.5, 0.6) is 5.75 Å². The fourth-order valence-electron chi connectivity index (χ4n) is 5.14. The van der Waals surface area contributed by atoms with Crippen molar-refractivity contribution in [1.29, 1.82) is 0 Å². The molecule has 1 amide bonds. The number of nitrogens with one attached hydrogen (secondary N) is 1. The molecule has 0 saturated heterocycles. The molecule has 2 fully saturated rings. The average molecular weight is 477 g/mol. The van der Waals surface area contributed by atoms with Crippen LogP contribution in [0.3, 0.4) is 0 Å². The molecule has 0 bridgehead atoms. The van der Waals surface area contributed by atoms with E-state index in [0.29, 0.717) is 30.7 Å². The number of ether oxygens (including phenoxy) is 1. The molecule has 2 heterocycles. The van der Waals surface area contributed by atoms with Gasteiger partial charge in [-0.15, -0.1) is 5.10 Å². The lowest BCUT2D eigenvalue weighted by molar-refractivity contribution is -0.130. The summed E-state index contributed by atoms with van der Waals surface area (Å²) in [4.78, 5) is 23.2. The number of nitrogens with zero attached hydrogens (tertiary/aromatic N) is 6. The van der Waals surface area contributed by atoms with E-state index in [0.717, 1.165) is 36.5 Å². The Morgan fingerprint density at radius 2 is 2.09 bits per heavy atom. The Morgan fingerprint density at radius 1 is 1.29 bits per heavy atom. The van der Waals surface area contributed by atoms with E-state index in [1.807, 2.05) is 35.0 Å². The topological polar surface area (TPSA) is 124 Å². The highest BCUT2D eigenvalue weighted by Crippen LogP contribution is 2.72. The van der Waals surface area contributed by atoms with E-state index in [4.69, 9.17) is 10.5 Å². The van der Waals surface area contributed by atoms with Gasteiger partial charge in [0.1, 0.15) is 23.1 Å². The Kier molecular flexibility index (Phi) is 6.04. The summed E-state index contributed by atoms with van der Waals surface area (Å²) in [7, 11) is 3.59. The number of rotatable bonds is 10. The molecule has 2 saturated carbocycles. The summed E-state index contributed by atoms with van der Waals surface area (Å²) in [5.41, 5.74) is 7.50. The third kappa shape index (κ3) is 4.52. The fraction of sp³-hybridized carbons (Fsp3) is 0.480. The maximum absolute atomic E-state index is 12.9. The van der Waals surface area contributed by atoms with E-state index in [-0.39, 0.29) is 17.4 Å². The summed E-state index contributed by atoms with van der Waals surface area (Å²) in [5.74, 6) is 2.86. The Bertz CT molecular complexity index is 1180. The Hall–Kier alpha value is -3.69. The van der Waals surface area contributed by atoms with Crippen molar-refractivity contribution in [1.82, 2.24) is 30.3 Å². The maximum Gasteiger partial charge on any atom is 0.226 e. The smallest absolute Gasteiger partial charge is 0.226 e. The van der Waals surface area contributed by atoms with Crippen LogP contribution in [0.2, 0.25) is 0 Å². The van der Waals surface area contributed by atoms with Crippen LogP contribution in [0.25, 0.3) is 0 Å². The van der Waals surface area contributed by atoms with Crippen LogP contribution in [-0.2, 0) is 11.3 Å². The molecule has 3 aromatic rings. The molecule has 4 atom stereocenters. The third-order valence-electron chi connectivity index (χ3n) is 7.52. The number of carbonyl (C=O) groups is 1. The van der Waals surface area contributed by atoms with Crippen LogP contribution in [-0.4, -0.2) is 51.6 Å². The zero-order chi connectivity index (χ0) is 24.6. The van der Waals surface area contributed by atoms with Gasteiger partial charge in [0, 0.05) is 13.6 Å². The molecule has 2 aliphatic rings. The molecule has 184 valence electrons. The van der Waals surface area contributed by atoms with Crippen LogP contribution < -0.4 is 20.7 Å². The second kappa shape index (κ2) is 9.16. The second-order valence-electron chi connectivity index (χ2n) is 9.80. The molecule has 1 unspecified atom stereocenters. The number of anilines is 2. The number of aromatic nitrogens is 5. The minimum absolute atomic E-state index is 0.183. The van der Waals surface area contributed by atoms with Gasteiger partial charge in [0.05, 0.1) is 43.7 Å². The van der Waals surface area contributed by atoms with Gasteiger partial charge in [-0.3, -0.25) is 4.79 Å². The first kappa shape index (κ1) is 23.1. The summed E-state index contributed by atoms with van der Waals surface area (Å²) >= 11 is 0. The van der Waals surface area contributed by atoms with Crippen LogP contribution in [0.4, 0.5) is 11.6 Å². The van der Waals surface area contributed by atoms with Crippen molar-refractivity contribution in [2.75, 3.05) is 31.3 Å². The van der Waals surface area contributed by atoms with Gasteiger partial charge in [-0.2, -0.15) is 0 Å². The van der Waals surface area contributed by atoms with Gasteiger partial charge in [-0.05, 0) is 48.8 Å². The Labute approximate surface area is 204 Å². The molecule has 10 nitrogen and oxygen atoms in total. The molecule has 5 rings (SSSR count). The summed E-state index contributed by atoms with van der Waals surface area (Å²) < 4.78 is 7.15. The van der Waals surface area contributed by atoms with Crippen molar-refractivity contribution in [3.8, 4) is 5.75 Å². The Balaban J connectivity index is 1.08. The zero-order valence-corrected chi connectivity index (χ0v) is 20.4. The minimum atomic E-state index is -0.212. The van der Waals surface area contributed by atoms with Crippen molar-refractivity contribution in [3.05, 3.63) is 54.1 Å². The maximum atomic E-state index is 12.9. The number of nitrogens with two attached hydrogens (primary N) is 1. The predicted octanol–water partition coefficient (Wildman–Crippen LogP) is 2.56. The monoisotopic (exact) mass is 476 g/mol. The van der Waals surface area contributed by atoms with Crippen LogP contribution in [0.1, 0.15) is 49.4 Å². The van der Waals surface area contributed by atoms with Crippen LogP contribution in [0.15, 0.2) is 42.9 Å². The quantitative estimate of drug-likeness (QED) is 0.458. The van der Waals surface area contributed by atoms with Crippen molar-refractivity contribution >= 4 is 17.5 Å². The summed E-state index contributed by atoms with van der Waals surface area (Å²) in [6.07, 6.45) is 7.80. The molecular weight excluding hydrogens is 444 g/mol. The zero-order valence-electron chi connectivity index (χ0n) is 20.4. The summed E-state index contributed by atoms with van der Waals surface area (Å²) in [5, 5.41) is 11.8. The van der Waals surface area contributed by atoms with Gasteiger partial charge in [0.25, 0.3) is 0 Å². The van der Waals surface area contributed by atoms with Crippen molar-refractivity contribution in [3.63, 3.8) is 0 Å². The molecule has 0 aliphatic heterocycles. The normalized spacial score (nSPS) is 23.1. The van der Waals surface area contributed by atoms with E-state index in [1.165, 1.54) is 11.8 Å². The molecule has 1 aromatic carbocycles. The van der Waals surface area contributed by atoms with Crippen LogP contribution >= 0.6 is 0 Å². The highest BCUT2D eigenvalue weighted by Gasteiger charge is 2.72. The third-order valence-corrected chi connectivity index (χ3v) is 7.52. The molecule has 2 aromatic heterocycles. The Morgan fingerprint density at radius 3 is 2.77 bits per heavy atom. The van der Waals surface area contributed by atoms with E-state index in [1.54, 1.807) is 13.3 Å². The average Bonchev–Trinajstić information content (AvgIpc) is 3.20. The SMILES string of the molecule is COc1ccc(C(C)CCNC(=O)[C@@]23C[C@@H](n4cc(CN(C)c5cnc(N)cn5)nn4)[C@@H]2C3)cc1. The number of hydrogen-bond acceptors (Lipinski definition) is 8. The largest absolute Gasteiger partial charge is 0.497 e. The van der Waals surface area contributed by atoms with E-state index < -0.39 is 0 Å². The number of carbonyl (C=O) groups excluding carboxylic acids is 1. The minimum Gasteiger partial charge on any atom is -0.497 e. The number of methoxy groups -OCH3 is 1. The predicted molar refractivity (Wildman–Crippen MR) is 132 cm³/mol. The van der Waals surface area contributed by atoms with Gasteiger partial charge >= 0.3 is 0 Å². The summed E-state index contributed by atoms with van der Waals surface area (Å²) in [6.45, 7) is 3.43. The number of nitrogen functional groups attached to an aromatic ring is 1. The molecule has 10 heteroatoms. The highest BCUT2D eigenvalue weighted by molar-refractivity contribution is 5.87. The standard InChI is InChI=1S/C25H32N8O2/c1-16(17-4-6-19(35-3)7-5-17)8-9-27-24(34)25-10-20(25)21(11-25)33-15-18(30-31-33)14-32(2)23-13-28-22(26)12-29-23/h4-7,12-13,15-16,20-21H,8-11,14H2,1-3H3,(H2,26,28)(H,27,34)/t16?,20-,21+,25-/m0/s1. The molecule has 2 aliphatic carbocycles. The lowest BCUT2D eigenvalue weighted by Gasteiger charge is -2.33. The first-order valence-corrected chi connectivity index (χ1v) is 12.0. The fourth-order valence-corrected chi connectivity index (χ4v) is 5.14. The number of amides is 1. The summed E-state index contributed by atoms with van der Waals surface area (Å²) in [6, 6.07) is 8.37. The van der Waals surface area contributed by atoms with E-state index in [9.17, 15) is 4.79 Å². The molecule has 0 spiro atoms. The van der Waals surface area contributed by atoms with Gasteiger partial charge < -0.3 is 20.7 Å². The second-order valence-corrected chi connectivity index (χ2v) is 9.80. The molecular formula is C25H32N8O2. The van der Waals surface area contributed by atoms with Crippen molar-refractivity contribution in [2.45, 2.75) is 44.7 Å². The van der Waals surface area contributed by atoms with Crippen molar-refractivity contribution in [2.24, 2.45) is 11.3 Å². The molecule has 3 N–H and O–H groups in total. The van der Waals surface area contributed by atoms with Gasteiger partial charge in [-0.1, -0.05) is 24.3 Å². The van der Waals surface area contributed by atoms with Gasteiger partial charge in [-0.25, -0.2) is 14.6 Å². The lowest BCUT2D eigenvalue weighted by atomic mass is 9.79. The van der Waals surface area contributed by atoms with Gasteiger partial charge in [0.15, 0.2) is 0 Å². The first-order valence-electron chi connectivity index (χ1n) is 12.0. The van der Waals surface area contributed by atoms with Crippen molar-refractivity contribution < 1.29 is 9.53 Å². The number of benzene rings is 1. The van der Waals surface area contributed by atoms with E-state index in [2.05, 4.69) is 44.7 Å². The highest BCUT2D eigenvalue weighted by atomic mass is 16.5. The molecule has 35 heavy (non-hydrogen) atoms. The van der Waals surface area contributed by atoms with E-state index >= 15 is 0 Å². The number of fused-ring (bicyclic) bond motifs is 1. The van der Waals surface area contributed by atoms with Crippen LogP contribution in [0, 0.1) is 11.3 Å². The van der Waals surface area contributed by atoms with Gasteiger partial charge in [0.2, 0.25) is 5.91 Å². The number of hydrogen-bond donors (Lipinski definition) is 2.